The lowest BCUT2D eigenvalue weighted by Gasteiger charge is -2.16. The first-order chi connectivity index (χ1) is 11.8. The highest BCUT2D eigenvalue weighted by molar-refractivity contribution is 7.92. The van der Waals surface area contributed by atoms with Crippen LogP contribution in [0.1, 0.15) is 24.1 Å². The summed E-state index contributed by atoms with van der Waals surface area (Å²) in [5.74, 6) is -0.225. The van der Waals surface area contributed by atoms with Crippen LogP contribution in [-0.2, 0) is 21.9 Å². The number of hydrogen-bond donors (Lipinski definition) is 3. The Bertz CT molecular complexity index is 867. The predicted molar refractivity (Wildman–Crippen MR) is 105 cm³/mol. The quantitative estimate of drug-likeness (QED) is 0.656. The first kappa shape index (κ1) is 21.9. The summed E-state index contributed by atoms with van der Waals surface area (Å²) in [6.45, 7) is 3.35. The van der Waals surface area contributed by atoms with Crippen LogP contribution in [0.15, 0.2) is 30.6 Å². The molecule has 0 spiro atoms. The van der Waals surface area contributed by atoms with E-state index in [1.807, 2.05) is 0 Å². The number of carbonyl (C=O) groups is 1. The van der Waals surface area contributed by atoms with Crippen molar-refractivity contribution in [2.24, 2.45) is 7.05 Å². The van der Waals surface area contributed by atoms with Crippen LogP contribution in [0.5, 0.6) is 0 Å². The first-order valence-electron chi connectivity index (χ1n) is 7.83. The molecule has 1 aromatic heterocycles. The molecule has 2 rings (SSSR count). The lowest BCUT2D eigenvalue weighted by Crippen LogP contribution is -2.30. The maximum atomic E-state index is 12.5. The van der Waals surface area contributed by atoms with Gasteiger partial charge < -0.3 is 10.6 Å². The van der Waals surface area contributed by atoms with Crippen LogP contribution in [0.25, 0.3) is 0 Å². The summed E-state index contributed by atoms with van der Waals surface area (Å²) in [5, 5.41) is 9.86. The fourth-order valence-electron chi connectivity index (χ4n) is 2.35. The molecule has 0 aliphatic heterocycles. The van der Waals surface area contributed by atoms with Gasteiger partial charge in [0.1, 0.15) is 6.04 Å². The van der Waals surface area contributed by atoms with Crippen molar-refractivity contribution in [3.63, 3.8) is 0 Å². The summed E-state index contributed by atoms with van der Waals surface area (Å²) in [5.41, 5.74) is 2.56. The number of rotatable bonds is 7. The Labute approximate surface area is 159 Å². The molecule has 10 heteroatoms. The Kier molecular flexibility index (Phi) is 7.61. The van der Waals surface area contributed by atoms with E-state index in [4.69, 9.17) is 0 Å². The Morgan fingerprint density at radius 1 is 1.35 bits per heavy atom. The van der Waals surface area contributed by atoms with Crippen LogP contribution in [0.4, 0.5) is 11.4 Å². The molecule has 0 bridgehead atoms. The zero-order chi connectivity index (χ0) is 18.6. The highest BCUT2D eigenvalue weighted by Crippen LogP contribution is 2.22. The Morgan fingerprint density at radius 2 is 2.04 bits per heavy atom. The molecule has 1 aromatic carbocycles. The molecule has 1 unspecified atom stereocenters. The van der Waals surface area contributed by atoms with E-state index in [1.165, 1.54) is 0 Å². The number of anilines is 2. The smallest absolute Gasteiger partial charge is 0.246 e. The van der Waals surface area contributed by atoms with Gasteiger partial charge in [0, 0.05) is 24.5 Å². The van der Waals surface area contributed by atoms with Crippen LogP contribution in [0.3, 0.4) is 0 Å². The summed E-state index contributed by atoms with van der Waals surface area (Å²) in [7, 11) is 0.146. The number of aromatic nitrogens is 2. The lowest BCUT2D eigenvalue weighted by atomic mass is 10.1. The Balaban J connectivity index is 0.00000338. The van der Waals surface area contributed by atoms with Gasteiger partial charge in [-0.2, -0.15) is 5.10 Å². The van der Waals surface area contributed by atoms with Crippen LogP contribution in [0, 0.1) is 6.92 Å². The summed E-state index contributed by atoms with van der Waals surface area (Å²) >= 11 is 0. The van der Waals surface area contributed by atoms with E-state index in [0.29, 0.717) is 11.4 Å². The molecule has 0 aliphatic carbocycles. The average Bonchev–Trinajstić information content (AvgIpc) is 2.97. The molecule has 0 aliphatic rings. The largest absolute Gasteiger partial charge is 0.324 e. The van der Waals surface area contributed by atoms with E-state index in [2.05, 4.69) is 20.5 Å². The van der Waals surface area contributed by atoms with Crippen molar-refractivity contribution in [3.05, 3.63) is 41.7 Å². The van der Waals surface area contributed by atoms with Gasteiger partial charge in [-0.05, 0) is 44.7 Å². The van der Waals surface area contributed by atoms with Crippen molar-refractivity contribution in [1.82, 2.24) is 15.1 Å². The van der Waals surface area contributed by atoms with Gasteiger partial charge in [0.25, 0.3) is 0 Å². The molecular weight excluding hydrogens is 378 g/mol. The minimum atomic E-state index is -3.34. The molecule has 0 saturated heterocycles. The van der Waals surface area contributed by atoms with Crippen molar-refractivity contribution in [3.8, 4) is 0 Å². The number of amides is 1. The highest BCUT2D eigenvalue weighted by Gasteiger charge is 2.20. The van der Waals surface area contributed by atoms with E-state index >= 15 is 0 Å². The topological polar surface area (TPSA) is 105 Å². The second-order valence-corrected chi connectivity index (χ2v) is 7.70. The number of nitrogens with one attached hydrogen (secondary N) is 3. The molecular formula is C16H24ClN5O3S. The molecule has 1 amide bonds. The van der Waals surface area contributed by atoms with Crippen molar-refractivity contribution < 1.29 is 13.2 Å². The van der Waals surface area contributed by atoms with Gasteiger partial charge in [0.05, 0.1) is 17.6 Å². The molecule has 0 saturated carbocycles. The van der Waals surface area contributed by atoms with Crippen molar-refractivity contribution >= 4 is 39.7 Å². The minimum absolute atomic E-state index is 0. The summed E-state index contributed by atoms with van der Waals surface area (Å²) in [6.07, 6.45) is 3.41. The van der Waals surface area contributed by atoms with E-state index in [0.717, 1.165) is 11.1 Å². The number of likely N-dealkylation sites (N-methyl/N-ethyl adjacent to an activating group) is 1. The van der Waals surface area contributed by atoms with E-state index in [1.54, 1.807) is 63.2 Å². The van der Waals surface area contributed by atoms with Gasteiger partial charge in [0.15, 0.2) is 0 Å². The molecule has 26 heavy (non-hydrogen) atoms. The molecule has 0 radical (unpaired) electrons. The Morgan fingerprint density at radius 3 is 2.54 bits per heavy atom. The predicted octanol–water partition coefficient (Wildman–Crippen LogP) is 1.81. The normalized spacial score (nSPS) is 12.2. The third kappa shape index (κ3) is 5.45. The maximum Gasteiger partial charge on any atom is 0.246 e. The third-order valence-electron chi connectivity index (χ3n) is 3.75. The van der Waals surface area contributed by atoms with E-state index < -0.39 is 16.1 Å². The Hall–Kier alpha value is -2.10. The minimum Gasteiger partial charge on any atom is -0.324 e. The monoisotopic (exact) mass is 401 g/mol. The number of aryl methyl sites for hydroxylation is 2. The van der Waals surface area contributed by atoms with Crippen molar-refractivity contribution in [2.45, 2.75) is 19.9 Å². The summed E-state index contributed by atoms with van der Waals surface area (Å²) in [4.78, 5) is 12.5. The second-order valence-electron chi connectivity index (χ2n) is 5.69. The van der Waals surface area contributed by atoms with Crippen molar-refractivity contribution in [1.29, 1.82) is 0 Å². The number of sulfonamides is 1. The van der Waals surface area contributed by atoms with Crippen LogP contribution in [-0.4, -0.2) is 36.9 Å². The first-order valence-corrected chi connectivity index (χ1v) is 9.48. The zero-order valence-electron chi connectivity index (χ0n) is 15.1. The molecule has 2 aromatic rings. The summed E-state index contributed by atoms with van der Waals surface area (Å²) in [6, 6.07) is 4.49. The van der Waals surface area contributed by atoms with Crippen LogP contribution < -0.4 is 15.4 Å². The number of hydrogen-bond acceptors (Lipinski definition) is 5. The van der Waals surface area contributed by atoms with Gasteiger partial charge >= 0.3 is 0 Å². The van der Waals surface area contributed by atoms with Crippen LogP contribution >= 0.6 is 12.4 Å². The maximum absolute atomic E-state index is 12.5. The molecule has 144 valence electrons. The fourth-order valence-corrected chi connectivity index (χ4v) is 3.06. The standard InChI is InChI=1S/C16H23N5O3S.ClH/c1-5-25(23,24)20-14-7-6-13(8-11(14)2)19-16(22)15(17-3)12-9-18-21(4)10-12;/h6-10,15,17,20H,5H2,1-4H3,(H,19,22);1H. The SMILES string of the molecule is CCS(=O)(=O)Nc1ccc(NC(=O)C(NC)c2cnn(C)c2)cc1C.Cl. The van der Waals surface area contributed by atoms with Gasteiger partial charge in [-0.3, -0.25) is 14.2 Å². The van der Waals surface area contributed by atoms with Gasteiger partial charge in [-0.15, -0.1) is 12.4 Å². The van der Waals surface area contributed by atoms with E-state index in [-0.39, 0.29) is 24.1 Å². The lowest BCUT2D eigenvalue weighted by molar-refractivity contribution is -0.118. The van der Waals surface area contributed by atoms with Gasteiger partial charge in [-0.1, -0.05) is 0 Å². The molecule has 8 nitrogen and oxygen atoms in total. The summed E-state index contributed by atoms with van der Waals surface area (Å²) < 4.78 is 27.5. The highest BCUT2D eigenvalue weighted by atomic mass is 35.5. The number of benzene rings is 1. The van der Waals surface area contributed by atoms with E-state index in [9.17, 15) is 13.2 Å². The fraction of sp³-hybridized carbons (Fsp3) is 0.375. The molecule has 0 fully saturated rings. The van der Waals surface area contributed by atoms with Gasteiger partial charge in [-0.25, -0.2) is 8.42 Å². The molecule has 3 N–H and O–H groups in total. The number of carbonyl (C=O) groups excluding carboxylic acids is 1. The van der Waals surface area contributed by atoms with Gasteiger partial charge in [0.2, 0.25) is 15.9 Å². The molecule has 1 heterocycles. The van der Waals surface area contributed by atoms with Crippen LogP contribution in [0.2, 0.25) is 0 Å². The average molecular weight is 402 g/mol. The third-order valence-corrected chi connectivity index (χ3v) is 5.04. The van der Waals surface area contributed by atoms with Crippen molar-refractivity contribution in [2.75, 3.05) is 22.8 Å². The number of nitrogens with zero attached hydrogens (tertiary/aromatic N) is 2. The second kappa shape index (κ2) is 9.02. The molecule has 1 atom stereocenters. The number of halogens is 1. The zero-order valence-corrected chi connectivity index (χ0v) is 16.7.